The fourth-order valence-corrected chi connectivity index (χ4v) is 0.234. The third kappa shape index (κ3) is 2.18. The minimum Gasteiger partial charge on any atom is -0.463 e. The third-order valence-electron chi connectivity index (χ3n) is 0.543. The molecule has 0 aromatic carbocycles. The summed E-state index contributed by atoms with van der Waals surface area (Å²) in [5, 5.41) is 8.78. The van der Waals surface area contributed by atoms with Crippen molar-refractivity contribution in [3.8, 4) is 0 Å². The first-order valence-corrected chi connectivity index (χ1v) is 2.51. The average Bonchev–Trinajstić information content (AvgIpc) is 1.65. The van der Waals surface area contributed by atoms with Gasteiger partial charge in [0.1, 0.15) is 0 Å². The molecule has 0 unspecified atom stereocenters. The van der Waals surface area contributed by atoms with Crippen LogP contribution in [0.5, 0.6) is 0 Å². The first kappa shape index (κ1) is 6.45. The summed E-state index contributed by atoms with van der Waals surface area (Å²) >= 11 is 0. The molecule has 0 aromatic heterocycles. The maximum absolute atomic E-state index is 9.75. The first-order chi connectivity index (χ1) is 3.18. The molecule has 0 aliphatic heterocycles. The highest BCUT2D eigenvalue weighted by Gasteiger charge is 1.98. The van der Waals surface area contributed by atoms with Gasteiger partial charge in [0.25, 0.3) is 0 Å². The van der Waals surface area contributed by atoms with Crippen LogP contribution in [0.25, 0.3) is 0 Å². The Hall–Kier alpha value is -0.553. The van der Waals surface area contributed by atoms with Gasteiger partial charge < -0.3 is 9.63 Å². The molecule has 5 heteroatoms. The maximum Gasteiger partial charge on any atom is 0.430 e. The van der Waals surface area contributed by atoms with E-state index >= 15 is 0 Å². The lowest BCUT2D eigenvalue weighted by Gasteiger charge is -2.07. The molecule has 0 saturated heterocycles. The Morgan fingerprint density at radius 3 is 2.43 bits per heavy atom. The zero-order chi connectivity index (χ0) is 5.86. The van der Waals surface area contributed by atoms with Crippen molar-refractivity contribution in [1.29, 1.82) is 0 Å². The van der Waals surface area contributed by atoms with Gasteiger partial charge in [0.05, 0.1) is 0 Å². The highest BCUT2D eigenvalue weighted by atomic mass is 28.2. The van der Waals surface area contributed by atoms with Crippen LogP contribution in [0.15, 0.2) is 0 Å². The van der Waals surface area contributed by atoms with Gasteiger partial charge in [-0.25, -0.2) is 9.86 Å². The quantitative estimate of drug-likeness (QED) is 0.350. The van der Waals surface area contributed by atoms with Crippen molar-refractivity contribution in [3.05, 3.63) is 0 Å². The summed E-state index contributed by atoms with van der Waals surface area (Å²) in [6, 6.07) is 0. The van der Waals surface area contributed by atoms with Crippen molar-refractivity contribution < 1.29 is 14.4 Å². The van der Waals surface area contributed by atoms with Crippen LogP contribution in [0.2, 0.25) is 0 Å². The van der Waals surface area contributed by atoms with Crippen molar-refractivity contribution >= 4 is 16.6 Å². The monoisotopic (exact) mass is 121 g/mol. The number of hydrogen-bond acceptors (Lipinski definition) is 2. The Labute approximate surface area is 44.2 Å². The van der Waals surface area contributed by atoms with E-state index in [4.69, 9.17) is 5.11 Å². The molecule has 0 aliphatic rings. The van der Waals surface area contributed by atoms with E-state index in [1.165, 1.54) is 7.05 Å². The van der Waals surface area contributed by atoms with Crippen LogP contribution in [0, 0.1) is 0 Å². The highest BCUT2D eigenvalue weighted by molar-refractivity contribution is 5.98. The lowest BCUT2D eigenvalue weighted by atomic mass is 11.1. The summed E-state index contributed by atoms with van der Waals surface area (Å²) in [6.45, 7) is 0. The summed E-state index contributed by atoms with van der Waals surface area (Å²) in [4.78, 5) is 9.75. The van der Waals surface area contributed by atoms with E-state index < -0.39 is 6.09 Å². The van der Waals surface area contributed by atoms with Crippen LogP contribution in [0.4, 0.5) is 4.79 Å². The molecule has 0 aliphatic carbocycles. The molecular formula is C2H7NO3Si. The van der Waals surface area contributed by atoms with Gasteiger partial charge in [-0.2, -0.15) is 0 Å². The summed E-state index contributed by atoms with van der Waals surface area (Å²) in [6.07, 6.45) is -1.06. The normalized spacial score (nSPS) is 8.71. The van der Waals surface area contributed by atoms with Crippen LogP contribution in [0.3, 0.4) is 0 Å². The average molecular weight is 121 g/mol. The van der Waals surface area contributed by atoms with Crippen molar-refractivity contribution in [1.82, 2.24) is 5.06 Å². The van der Waals surface area contributed by atoms with Crippen LogP contribution >= 0.6 is 0 Å². The molecule has 0 aromatic rings. The fraction of sp³-hybridized carbons (Fsp3) is 0.500. The van der Waals surface area contributed by atoms with E-state index in [2.05, 4.69) is 4.53 Å². The van der Waals surface area contributed by atoms with Gasteiger partial charge in [-0.05, 0) is 0 Å². The lowest BCUT2D eigenvalue weighted by molar-refractivity contribution is -0.00563. The number of hydroxylamine groups is 2. The van der Waals surface area contributed by atoms with Gasteiger partial charge in [-0.3, -0.25) is 0 Å². The number of nitrogens with zero attached hydrogens (tertiary/aromatic N) is 1. The third-order valence-corrected chi connectivity index (χ3v) is 1.09. The SMILES string of the molecule is CN(O[SiH3])C(=O)O. The molecule has 0 spiro atoms. The fourth-order valence-electron chi connectivity index (χ4n) is 0.0781. The Kier molecular flexibility index (Phi) is 2.39. The van der Waals surface area contributed by atoms with E-state index in [0.29, 0.717) is 10.5 Å². The first-order valence-electron chi connectivity index (χ1n) is 1.69. The number of hydrogen-bond donors (Lipinski definition) is 1. The standard InChI is InChI=1S/C2H7NO3Si/c1-3(6-7)2(4)5/h1,7H3,(H,4,5). The Balaban J connectivity index is 3.34. The number of rotatable bonds is 1. The van der Waals surface area contributed by atoms with Gasteiger partial charge >= 0.3 is 6.09 Å². The molecule has 0 bridgehead atoms. The second-order valence-electron chi connectivity index (χ2n) is 0.963. The van der Waals surface area contributed by atoms with Gasteiger partial charge in [0.15, 0.2) is 10.5 Å². The smallest absolute Gasteiger partial charge is 0.430 e. The predicted octanol–water partition coefficient (Wildman–Crippen LogP) is -1.19. The molecule has 1 amide bonds. The van der Waals surface area contributed by atoms with Crippen molar-refractivity contribution in [2.45, 2.75) is 0 Å². The van der Waals surface area contributed by atoms with Gasteiger partial charge in [0.2, 0.25) is 0 Å². The summed E-state index contributed by atoms with van der Waals surface area (Å²) in [5.41, 5.74) is 0. The van der Waals surface area contributed by atoms with E-state index in [1.54, 1.807) is 0 Å². The van der Waals surface area contributed by atoms with Crippen LogP contribution < -0.4 is 0 Å². The summed E-state index contributed by atoms with van der Waals surface area (Å²) < 4.78 is 4.38. The molecular weight excluding hydrogens is 114 g/mol. The minimum absolute atomic E-state index is 0.416. The molecule has 0 radical (unpaired) electrons. The van der Waals surface area contributed by atoms with E-state index in [1.807, 2.05) is 0 Å². The number of amides is 1. The van der Waals surface area contributed by atoms with Gasteiger partial charge in [-0.1, -0.05) is 0 Å². The Morgan fingerprint density at radius 2 is 2.43 bits per heavy atom. The van der Waals surface area contributed by atoms with Crippen molar-refractivity contribution in [2.24, 2.45) is 0 Å². The second-order valence-corrected chi connectivity index (χ2v) is 1.33. The molecule has 0 atom stereocenters. The van der Waals surface area contributed by atoms with Crippen LogP contribution in [-0.2, 0) is 4.53 Å². The van der Waals surface area contributed by atoms with Crippen LogP contribution in [0.1, 0.15) is 0 Å². The van der Waals surface area contributed by atoms with E-state index in [9.17, 15) is 4.79 Å². The van der Waals surface area contributed by atoms with Gasteiger partial charge in [-0.15, -0.1) is 0 Å². The Morgan fingerprint density at radius 1 is 2.00 bits per heavy atom. The zero-order valence-electron chi connectivity index (χ0n) is 4.21. The van der Waals surface area contributed by atoms with Gasteiger partial charge in [0, 0.05) is 7.05 Å². The maximum atomic E-state index is 9.75. The minimum atomic E-state index is -1.06. The van der Waals surface area contributed by atoms with Crippen LogP contribution in [-0.4, -0.2) is 33.8 Å². The molecule has 0 saturated carbocycles. The van der Waals surface area contributed by atoms with Crippen molar-refractivity contribution in [2.75, 3.05) is 7.05 Å². The molecule has 4 nitrogen and oxygen atoms in total. The molecule has 0 fully saturated rings. The largest absolute Gasteiger partial charge is 0.463 e. The lowest BCUT2D eigenvalue weighted by Crippen LogP contribution is -2.23. The molecule has 1 N–H and O–H groups in total. The van der Waals surface area contributed by atoms with E-state index in [-0.39, 0.29) is 0 Å². The molecule has 7 heavy (non-hydrogen) atoms. The highest BCUT2D eigenvalue weighted by Crippen LogP contribution is 1.77. The van der Waals surface area contributed by atoms with E-state index in [0.717, 1.165) is 5.06 Å². The topological polar surface area (TPSA) is 49.8 Å². The zero-order valence-corrected chi connectivity index (χ0v) is 6.21. The van der Waals surface area contributed by atoms with Crippen molar-refractivity contribution in [3.63, 3.8) is 0 Å². The number of carbonyl (C=O) groups is 1. The molecule has 0 heterocycles. The number of carboxylic acid groups (broad SMARTS) is 1. The predicted molar refractivity (Wildman–Crippen MR) is 26.8 cm³/mol. The summed E-state index contributed by atoms with van der Waals surface area (Å²) in [7, 11) is 1.76. The Bertz CT molecular complexity index is 75.3. The molecule has 0 rings (SSSR count). The summed E-state index contributed by atoms with van der Waals surface area (Å²) in [5.74, 6) is 0. The second kappa shape index (κ2) is 2.59. The molecule has 42 valence electrons.